The first kappa shape index (κ1) is 11.5. The van der Waals surface area contributed by atoms with E-state index < -0.39 is 0 Å². The van der Waals surface area contributed by atoms with Crippen molar-refractivity contribution in [1.29, 1.82) is 0 Å². The van der Waals surface area contributed by atoms with Crippen molar-refractivity contribution in [2.75, 3.05) is 0 Å². The Bertz CT molecular complexity index is 199. The summed E-state index contributed by atoms with van der Waals surface area (Å²) in [6.45, 7) is 8.47. The van der Waals surface area contributed by atoms with Crippen molar-refractivity contribution in [2.45, 2.75) is 59.4 Å². The zero-order valence-corrected chi connectivity index (χ0v) is 9.89. The quantitative estimate of drug-likeness (QED) is 0.740. The fourth-order valence-electron chi connectivity index (χ4n) is 2.01. The van der Waals surface area contributed by atoms with Crippen molar-refractivity contribution in [3.63, 3.8) is 0 Å². The number of amides is 1. The summed E-state index contributed by atoms with van der Waals surface area (Å²) in [7, 11) is 0. The minimum Gasteiger partial charge on any atom is -0.354 e. The van der Waals surface area contributed by atoms with Crippen LogP contribution in [0.4, 0.5) is 0 Å². The third-order valence-electron chi connectivity index (χ3n) is 2.95. The van der Waals surface area contributed by atoms with Crippen molar-refractivity contribution in [1.82, 2.24) is 5.32 Å². The highest BCUT2D eigenvalue weighted by Crippen LogP contribution is 2.34. The average Bonchev–Trinajstić information content (AvgIpc) is 1.90. The SMILES string of the molecule is CC(=O)NC1CC(CCC(C)(C)C)C1. The van der Waals surface area contributed by atoms with Gasteiger partial charge in [-0.1, -0.05) is 20.8 Å². The van der Waals surface area contributed by atoms with Crippen molar-refractivity contribution in [2.24, 2.45) is 11.3 Å². The van der Waals surface area contributed by atoms with E-state index in [4.69, 9.17) is 0 Å². The molecule has 0 atom stereocenters. The molecule has 1 aliphatic rings. The Hall–Kier alpha value is -0.530. The minimum atomic E-state index is 0.115. The van der Waals surface area contributed by atoms with E-state index in [9.17, 15) is 4.79 Å². The van der Waals surface area contributed by atoms with Gasteiger partial charge in [-0.2, -0.15) is 0 Å². The molecule has 2 heteroatoms. The zero-order chi connectivity index (χ0) is 10.8. The van der Waals surface area contributed by atoms with Crippen molar-refractivity contribution in [3.05, 3.63) is 0 Å². The fourth-order valence-corrected chi connectivity index (χ4v) is 2.01. The number of hydrogen-bond acceptors (Lipinski definition) is 1. The molecule has 1 amide bonds. The number of hydrogen-bond donors (Lipinski definition) is 1. The first-order chi connectivity index (χ1) is 6.37. The van der Waals surface area contributed by atoms with Gasteiger partial charge in [-0.05, 0) is 37.0 Å². The lowest BCUT2D eigenvalue weighted by Gasteiger charge is -2.37. The van der Waals surface area contributed by atoms with Gasteiger partial charge in [0, 0.05) is 13.0 Å². The van der Waals surface area contributed by atoms with Gasteiger partial charge in [-0.3, -0.25) is 4.79 Å². The molecule has 1 N–H and O–H groups in total. The van der Waals surface area contributed by atoms with E-state index in [1.165, 1.54) is 25.7 Å². The molecule has 0 unspecified atom stereocenters. The summed E-state index contributed by atoms with van der Waals surface area (Å²) in [4.78, 5) is 10.8. The Labute approximate surface area is 87.5 Å². The van der Waals surface area contributed by atoms with Gasteiger partial charge in [0.15, 0.2) is 0 Å². The molecule has 0 aliphatic heterocycles. The molecule has 0 heterocycles. The van der Waals surface area contributed by atoms with Crippen LogP contribution in [0, 0.1) is 11.3 Å². The third kappa shape index (κ3) is 4.12. The van der Waals surface area contributed by atoms with Crippen molar-refractivity contribution in [3.8, 4) is 0 Å². The van der Waals surface area contributed by atoms with Crippen LogP contribution in [-0.4, -0.2) is 11.9 Å². The number of rotatable bonds is 3. The van der Waals surface area contributed by atoms with Gasteiger partial charge in [0.05, 0.1) is 0 Å². The van der Waals surface area contributed by atoms with E-state index in [1.54, 1.807) is 6.92 Å². The van der Waals surface area contributed by atoms with Crippen LogP contribution in [-0.2, 0) is 4.79 Å². The molecular formula is C12H23NO. The molecule has 0 aromatic rings. The molecule has 1 rings (SSSR count). The van der Waals surface area contributed by atoms with Crippen LogP contribution < -0.4 is 5.32 Å². The van der Waals surface area contributed by atoms with Gasteiger partial charge >= 0.3 is 0 Å². The van der Waals surface area contributed by atoms with Crippen molar-refractivity contribution >= 4 is 5.91 Å². The van der Waals surface area contributed by atoms with Gasteiger partial charge in [-0.15, -0.1) is 0 Å². The molecule has 1 aliphatic carbocycles. The lowest BCUT2D eigenvalue weighted by atomic mass is 9.74. The van der Waals surface area contributed by atoms with E-state index in [1.807, 2.05) is 0 Å². The predicted octanol–water partition coefficient (Wildman–Crippen LogP) is 2.73. The highest BCUT2D eigenvalue weighted by Gasteiger charge is 2.29. The highest BCUT2D eigenvalue weighted by atomic mass is 16.1. The third-order valence-corrected chi connectivity index (χ3v) is 2.95. The first-order valence-corrected chi connectivity index (χ1v) is 5.64. The number of carbonyl (C=O) groups is 1. The van der Waals surface area contributed by atoms with Gasteiger partial charge in [0.2, 0.25) is 5.91 Å². The average molecular weight is 197 g/mol. The van der Waals surface area contributed by atoms with E-state index in [2.05, 4.69) is 26.1 Å². The smallest absolute Gasteiger partial charge is 0.217 e. The second-order valence-electron chi connectivity index (χ2n) is 5.83. The molecular weight excluding hydrogens is 174 g/mol. The first-order valence-electron chi connectivity index (χ1n) is 5.64. The van der Waals surface area contributed by atoms with Crippen LogP contribution in [0.15, 0.2) is 0 Å². The Balaban J connectivity index is 2.07. The van der Waals surface area contributed by atoms with Crippen LogP contribution in [0.3, 0.4) is 0 Å². The van der Waals surface area contributed by atoms with E-state index in [0.29, 0.717) is 11.5 Å². The van der Waals surface area contributed by atoms with E-state index in [0.717, 1.165) is 5.92 Å². The maximum atomic E-state index is 10.8. The van der Waals surface area contributed by atoms with E-state index >= 15 is 0 Å². The molecule has 0 aromatic carbocycles. The Morgan fingerprint density at radius 1 is 1.36 bits per heavy atom. The van der Waals surface area contributed by atoms with Gasteiger partial charge in [0.1, 0.15) is 0 Å². The summed E-state index contributed by atoms with van der Waals surface area (Å²) in [5, 5.41) is 2.97. The van der Waals surface area contributed by atoms with Crippen LogP contribution in [0.2, 0.25) is 0 Å². The van der Waals surface area contributed by atoms with Crippen LogP contribution in [0.1, 0.15) is 53.4 Å². The fraction of sp³-hybridized carbons (Fsp3) is 0.917. The zero-order valence-electron chi connectivity index (χ0n) is 9.89. The predicted molar refractivity (Wildman–Crippen MR) is 59.0 cm³/mol. The molecule has 0 spiro atoms. The largest absolute Gasteiger partial charge is 0.354 e. The molecule has 0 aromatic heterocycles. The van der Waals surface area contributed by atoms with Gasteiger partial charge < -0.3 is 5.32 Å². The molecule has 82 valence electrons. The summed E-state index contributed by atoms with van der Waals surface area (Å²) in [5.74, 6) is 0.968. The number of carbonyl (C=O) groups excluding carboxylic acids is 1. The summed E-state index contributed by atoms with van der Waals surface area (Å²) < 4.78 is 0. The standard InChI is InChI=1S/C12H23NO/c1-9(14)13-11-7-10(8-11)5-6-12(2,3)4/h10-11H,5-8H2,1-4H3,(H,13,14). The topological polar surface area (TPSA) is 29.1 Å². The maximum absolute atomic E-state index is 10.8. The summed E-state index contributed by atoms with van der Waals surface area (Å²) in [6, 6.07) is 0.470. The Morgan fingerprint density at radius 2 is 1.93 bits per heavy atom. The highest BCUT2D eigenvalue weighted by molar-refractivity contribution is 5.73. The second kappa shape index (κ2) is 4.33. The summed E-state index contributed by atoms with van der Waals surface area (Å²) in [6.07, 6.45) is 5.00. The van der Waals surface area contributed by atoms with Crippen LogP contribution in [0.25, 0.3) is 0 Å². The monoisotopic (exact) mass is 197 g/mol. The molecule has 14 heavy (non-hydrogen) atoms. The van der Waals surface area contributed by atoms with Crippen molar-refractivity contribution < 1.29 is 4.79 Å². The molecule has 0 saturated heterocycles. The molecule has 0 radical (unpaired) electrons. The molecule has 1 fully saturated rings. The second-order valence-corrected chi connectivity index (χ2v) is 5.83. The Kier molecular flexibility index (Phi) is 3.57. The normalized spacial score (nSPS) is 26.9. The van der Waals surface area contributed by atoms with E-state index in [-0.39, 0.29) is 5.91 Å². The van der Waals surface area contributed by atoms with Crippen LogP contribution >= 0.6 is 0 Å². The maximum Gasteiger partial charge on any atom is 0.217 e. The molecule has 2 nitrogen and oxygen atoms in total. The Morgan fingerprint density at radius 3 is 2.36 bits per heavy atom. The van der Waals surface area contributed by atoms with Gasteiger partial charge in [0.25, 0.3) is 0 Å². The molecule has 0 bridgehead atoms. The lowest BCUT2D eigenvalue weighted by molar-refractivity contribution is -0.120. The molecule has 1 saturated carbocycles. The van der Waals surface area contributed by atoms with Crippen LogP contribution in [0.5, 0.6) is 0 Å². The van der Waals surface area contributed by atoms with Gasteiger partial charge in [-0.25, -0.2) is 0 Å². The summed E-state index contributed by atoms with van der Waals surface area (Å²) in [5.41, 5.74) is 0.457. The minimum absolute atomic E-state index is 0.115. The summed E-state index contributed by atoms with van der Waals surface area (Å²) >= 11 is 0. The number of nitrogens with one attached hydrogen (secondary N) is 1. The lowest BCUT2D eigenvalue weighted by Crippen LogP contribution is -2.43.